The Labute approximate surface area is 114 Å². The topological polar surface area (TPSA) is 47.6 Å². The molecule has 1 aromatic rings. The maximum atomic E-state index is 6.13. The lowest BCUT2D eigenvalue weighted by Gasteiger charge is -2.21. The monoisotopic (exact) mass is 258 g/mol. The predicted octanol–water partition coefficient (Wildman–Crippen LogP) is 2.93. The maximum absolute atomic E-state index is 6.13. The normalized spacial score (nSPS) is 24.0. The summed E-state index contributed by atoms with van der Waals surface area (Å²) in [5.74, 6) is 2.37. The number of rotatable bonds is 3. The van der Waals surface area contributed by atoms with Crippen LogP contribution < -0.4 is 10.5 Å². The fourth-order valence-corrected chi connectivity index (χ4v) is 3.09. The third-order valence-electron chi connectivity index (χ3n) is 4.21. The zero-order chi connectivity index (χ0) is 13.1. The van der Waals surface area contributed by atoms with E-state index in [1.165, 1.54) is 37.7 Å². The average Bonchev–Trinajstić information content (AvgIpc) is 2.88. The highest BCUT2D eigenvalue weighted by atomic mass is 16.5. The van der Waals surface area contributed by atoms with Crippen LogP contribution in [0.3, 0.4) is 0 Å². The van der Waals surface area contributed by atoms with Crippen molar-refractivity contribution in [1.29, 1.82) is 0 Å². The summed E-state index contributed by atoms with van der Waals surface area (Å²) >= 11 is 0. The highest BCUT2D eigenvalue weighted by molar-refractivity contribution is 5.82. The SMILES string of the molecule is NC(=NCC1Cc2ccccc2O1)C1CCCCC1. The second kappa shape index (κ2) is 5.64. The van der Waals surface area contributed by atoms with E-state index in [2.05, 4.69) is 17.1 Å². The minimum absolute atomic E-state index is 0.166. The summed E-state index contributed by atoms with van der Waals surface area (Å²) in [6, 6.07) is 8.23. The third-order valence-corrected chi connectivity index (χ3v) is 4.21. The Hall–Kier alpha value is -1.51. The van der Waals surface area contributed by atoms with Crippen LogP contribution in [0.25, 0.3) is 0 Å². The number of fused-ring (bicyclic) bond motifs is 1. The van der Waals surface area contributed by atoms with Gasteiger partial charge in [0.05, 0.1) is 12.4 Å². The highest BCUT2D eigenvalue weighted by Gasteiger charge is 2.23. The van der Waals surface area contributed by atoms with Gasteiger partial charge in [-0.15, -0.1) is 0 Å². The molecule has 0 amide bonds. The quantitative estimate of drug-likeness (QED) is 0.669. The van der Waals surface area contributed by atoms with Crippen LogP contribution in [0.2, 0.25) is 0 Å². The van der Waals surface area contributed by atoms with Gasteiger partial charge >= 0.3 is 0 Å². The summed E-state index contributed by atoms with van der Waals surface area (Å²) in [6.45, 7) is 0.691. The van der Waals surface area contributed by atoms with E-state index in [-0.39, 0.29) is 6.10 Å². The van der Waals surface area contributed by atoms with Crippen molar-refractivity contribution < 1.29 is 4.74 Å². The van der Waals surface area contributed by atoms with Crippen molar-refractivity contribution >= 4 is 5.84 Å². The van der Waals surface area contributed by atoms with Gasteiger partial charge in [0.25, 0.3) is 0 Å². The molecule has 102 valence electrons. The van der Waals surface area contributed by atoms with Gasteiger partial charge in [-0.25, -0.2) is 0 Å². The van der Waals surface area contributed by atoms with Crippen LogP contribution in [0.4, 0.5) is 0 Å². The summed E-state index contributed by atoms with van der Waals surface area (Å²) in [7, 11) is 0. The summed E-state index contributed by atoms with van der Waals surface area (Å²) in [5, 5.41) is 0. The lowest BCUT2D eigenvalue weighted by Crippen LogP contribution is -2.28. The molecule has 1 atom stereocenters. The minimum atomic E-state index is 0.166. The van der Waals surface area contributed by atoms with Gasteiger partial charge in [0, 0.05) is 12.3 Å². The van der Waals surface area contributed by atoms with Crippen molar-refractivity contribution in [3.05, 3.63) is 29.8 Å². The van der Waals surface area contributed by atoms with E-state index in [9.17, 15) is 0 Å². The van der Waals surface area contributed by atoms with E-state index >= 15 is 0 Å². The van der Waals surface area contributed by atoms with E-state index in [1.54, 1.807) is 0 Å². The summed E-state index contributed by atoms with van der Waals surface area (Å²) in [4.78, 5) is 4.58. The first kappa shape index (κ1) is 12.5. The zero-order valence-electron chi connectivity index (χ0n) is 11.3. The number of hydrogen-bond donors (Lipinski definition) is 1. The summed E-state index contributed by atoms with van der Waals surface area (Å²) in [5.41, 5.74) is 7.42. The smallest absolute Gasteiger partial charge is 0.123 e. The number of benzene rings is 1. The molecule has 0 bridgehead atoms. The van der Waals surface area contributed by atoms with Crippen molar-refractivity contribution in [1.82, 2.24) is 0 Å². The molecule has 0 spiro atoms. The molecule has 1 aromatic carbocycles. The Bertz CT molecular complexity index is 439. The van der Waals surface area contributed by atoms with E-state index in [0.717, 1.165) is 18.0 Å². The van der Waals surface area contributed by atoms with Gasteiger partial charge in [0.15, 0.2) is 0 Å². The van der Waals surface area contributed by atoms with Gasteiger partial charge in [0.2, 0.25) is 0 Å². The molecule has 1 aliphatic carbocycles. The van der Waals surface area contributed by atoms with Gasteiger partial charge in [0.1, 0.15) is 11.9 Å². The number of nitrogens with zero attached hydrogens (tertiary/aromatic N) is 1. The van der Waals surface area contributed by atoms with Crippen LogP contribution in [-0.2, 0) is 6.42 Å². The molecule has 0 aromatic heterocycles. The largest absolute Gasteiger partial charge is 0.488 e. The third kappa shape index (κ3) is 2.91. The summed E-state index contributed by atoms with van der Waals surface area (Å²) in [6.07, 6.45) is 7.49. The maximum Gasteiger partial charge on any atom is 0.123 e. The molecule has 19 heavy (non-hydrogen) atoms. The lowest BCUT2D eigenvalue weighted by atomic mass is 9.88. The van der Waals surface area contributed by atoms with Crippen molar-refractivity contribution in [3.63, 3.8) is 0 Å². The Morgan fingerprint density at radius 1 is 1.21 bits per heavy atom. The first-order valence-corrected chi connectivity index (χ1v) is 7.37. The van der Waals surface area contributed by atoms with Crippen molar-refractivity contribution in [2.75, 3.05) is 6.54 Å². The average molecular weight is 258 g/mol. The van der Waals surface area contributed by atoms with Gasteiger partial charge < -0.3 is 10.5 Å². The molecule has 3 heteroatoms. The number of ether oxygens (including phenoxy) is 1. The van der Waals surface area contributed by atoms with Crippen LogP contribution in [0.15, 0.2) is 29.3 Å². The predicted molar refractivity (Wildman–Crippen MR) is 77.6 cm³/mol. The number of aliphatic imine (C=N–C) groups is 1. The molecule has 3 rings (SSSR count). The molecule has 1 fully saturated rings. The Morgan fingerprint density at radius 3 is 2.79 bits per heavy atom. The molecule has 0 saturated heterocycles. The standard InChI is InChI=1S/C16H22N2O/c17-16(12-6-2-1-3-7-12)18-11-14-10-13-8-4-5-9-15(13)19-14/h4-5,8-9,12,14H,1-3,6-7,10-11H2,(H2,17,18). The van der Waals surface area contributed by atoms with Crippen molar-refractivity contribution in [3.8, 4) is 5.75 Å². The van der Waals surface area contributed by atoms with Gasteiger partial charge in [-0.1, -0.05) is 37.5 Å². The molecule has 1 saturated carbocycles. The molecule has 1 heterocycles. The summed E-state index contributed by atoms with van der Waals surface area (Å²) < 4.78 is 5.88. The van der Waals surface area contributed by atoms with E-state index in [4.69, 9.17) is 10.5 Å². The minimum Gasteiger partial charge on any atom is -0.488 e. The fourth-order valence-electron chi connectivity index (χ4n) is 3.09. The lowest BCUT2D eigenvalue weighted by molar-refractivity contribution is 0.241. The first-order chi connectivity index (χ1) is 9.33. The van der Waals surface area contributed by atoms with Crippen molar-refractivity contribution in [2.45, 2.75) is 44.6 Å². The molecular formula is C16H22N2O. The molecule has 3 nitrogen and oxygen atoms in total. The van der Waals surface area contributed by atoms with Gasteiger partial charge in [-0.3, -0.25) is 4.99 Å². The molecule has 0 radical (unpaired) electrons. The molecular weight excluding hydrogens is 236 g/mol. The number of hydrogen-bond acceptors (Lipinski definition) is 2. The van der Waals surface area contributed by atoms with E-state index < -0.39 is 0 Å². The van der Waals surface area contributed by atoms with Crippen LogP contribution in [0.1, 0.15) is 37.7 Å². The first-order valence-electron chi connectivity index (χ1n) is 7.37. The van der Waals surface area contributed by atoms with E-state index in [0.29, 0.717) is 12.5 Å². The Kier molecular flexibility index (Phi) is 3.72. The molecule has 1 unspecified atom stereocenters. The fraction of sp³-hybridized carbons (Fsp3) is 0.562. The Morgan fingerprint density at radius 2 is 2.00 bits per heavy atom. The molecule has 2 aliphatic rings. The Balaban J connectivity index is 1.55. The van der Waals surface area contributed by atoms with Gasteiger partial charge in [-0.2, -0.15) is 0 Å². The number of nitrogens with two attached hydrogens (primary N) is 1. The second-order valence-electron chi connectivity index (χ2n) is 5.65. The highest BCUT2D eigenvalue weighted by Crippen LogP contribution is 2.28. The molecule has 2 N–H and O–H groups in total. The van der Waals surface area contributed by atoms with Crippen LogP contribution in [0, 0.1) is 5.92 Å². The molecule has 1 aliphatic heterocycles. The van der Waals surface area contributed by atoms with Crippen LogP contribution in [-0.4, -0.2) is 18.5 Å². The van der Waals surface area contributed by atoms with Crippen LogP contribution >= 0.6 is 0 Å². The van der Waals surface area contributed by atoms with E-state index in [1.807, 2.05) is 12.1 Å². The van der Waals surface area contributed by atoms with Crippen molar-refractivity contribution in [2.24, 2.45) is 16.6 Å². The van der Waals surface area contributed by atoms with Gasteiger partial charge in [-0.05, 0) is 24.5 Å². The number of amidine groups is 1. The van der Waals surface area contributed by atoms with Crippen LogP contribution in [0.5, 0.6) is 5.75 Å². The number of para-hydroxylation sites is 1. The zero-order valence-corrected chi connectivity index (χ0v) is 11.3. The second-order valence-corrected chi connectivity index (χ2v) is 5.65.